The van der Waals surface area contributed by atoms with Gasteiger partial charge in [-0.3, -0.25) is 0 Å². The van der Waals surface area contributed by atoms with Crippen LogP contribution in [0.5, 0.6) is 5.75 Å². The van der Waals surface area contributed by atoms with Crippen molar-refractivity contribution in [3.8, 4) is 5.75 Å². The Morgan fingerprint density at radius 2 is 2.07 bits per heavy atom. The fourth-order valence-corrected chi connectivity index (χ4v) is 1.71. The van der Waals surface area contributed by atoms with E-state index in [0.29, 0.717) is 11.8 Å². The molecule has 1 aromatic carbocycles. The Kier molecular flexibility index (Phi) is 4.47. The third kappa shape index (κ3) is 3.46. The van der Waals surface area contributed by atoms with Crippen LogP contribution >= 0.6 is 0 Å². The first kappa shape index (κ1) is 11.9. The average Bonchev–Trinajstić information content (AvgIpc) is 2.23. The molecule has 2 nitrogen and oxygen atoms in total. The van der Waals surface area contributed by atoms with Crippen LogP contribution in [-0.2, 0) is 0 Å². The number of phenols is 1. The molecule has 2 N–H and O–H groups in total. The summed E-state index contributed by atoms with van der Waals surface area (Å²) >= 11 is 0. The summed E-state index contributed by atoms with van der Waals surface area (Å²) in [6, 6.07) is 6.21. The third-order valence-electron chi connectivity index (χ3n) is 2.70. The van der Waals surface area contributed by atoms with Crippen molar-refractivity contribution in [2.24, 2.45) is 0 Å². The van der Waals surface area contributed by atoms with Crippen molar-refractivity contribution in [1.29, 1.82) is 0 Å². The zero-order valence-electron chi connectivity index (χ0n) is 9.88. The van der Waals surface area contributed by atoms with Gasteiger partial charge in [-0.25, -0.2) is 0 Å². The normalized spacial score (nSPS) is 12.5. The molecular formula is C13H21NO. The topological polar surface area (TPSA) is 32.3 Å². The highest BCUT2D eigenvalue weighted by Crippen LogP contribution is 2.21. The van der Waals surface area contributed by atoms with Crippen LogP contribution in [0.2, 0.25) is 0 Å². The van der Waals surface area contributed by atoms with Crippen molar-refractivity contribution in [3.63, 3.8) is 0 Å². The van der Waals surface area contributed by atoms with Crippen LogP contribution in [0, 0.1) is 6.92 Å². The van der Waals surface area contributed by atoms with Gasteiger partial charge in [0.1, 0.15) is 5.75 Å². The molecule has 84 valence electrons. The second-order valence-corrected chi connectivity index (χ2v) is 4.04. The summed E-state index contributed by atoms with van der Waals surface area (Å²) in [6.45, 7) is 6.31. The van der Waals surface area contributed by atoms with Gasteiger partial charge in [0, 0.05) is 11.7 Å². The molecule has 0 aliphatic carbocycles. The lowest BCUT2D eigenvalue weighted by Crippen LogP contribution is -2.17. The number of anilines is 1. The maximum atomic E-state index is 9.41. The molecule has 0 aromatic heterocycles. The van der Waals surface area contributed by atoms with Gasteiger partial charge in [0.25, 0.3) is 0 Å². The molecule has 0 saturated heterocycles. The summed E-state index contributed by atoms with van der Waals surface area (Å²) in [6.07, 6.45) is 3.52. The minimum Gasteiger partial charge on any atom is -0.508 e. The molecule has 0 bridgehead atoms. The largest absolute Gasteiger partial charge is 0.508 e. The first-order valence-corrected chi connectivity index (χ1v) is 5.73. The van der Waals surface area contributed by atoms with E-state index in [1.807, 2.05) is 19.1 Å². The van der Waals surface area contributed by atoms with Gasteiger partial charge in [-0.05, 0) is 43.5 Å². The summed E-state index contributed by atoms with van der Waals surface area (Å²) in [5.74, 6) is 0.365. The van der Waals surface area contributed by atoms with Crippen molar-refractivity contribution in [3.05, 3.63) is 23.8 Å². The standard InChI is InChI=1S/C13H21NO/c1-4-6-11(5-2)14-12-7-8-13(15)10(3)9-12/h7-9,11,14-15H,4-6H2,1-3H3. The number of aromatic hydroxyl groups is 1. The Labute approximate surface area is 92.3 Å². The van der Waals surface area contributed by atoms with E-state index in [1.54, 1.807) is 6.07 Å². The second-order valence-electron chi connectivity index (χ2n) is 4.04. The minimum atomic E-state index is 0.365. The van der Waals surface area contributed by atoms with Crippen LogP contribution in [0.4, 0.5) is 5.69 Å². The van der Waals surface area contributed by atoms with Gasteiger partial charge in [-0.15, -0.1) is 0 Å². The van der Waals surface area contributed by atoms with E-state index < -0.39 is 0 Å². The van der Waals surface area contributed by atoms with Gasteiger partial charge in [0.05, 0.1) is 0 Å². The van der Waals surface area contributed by atoms with E-state index in [9.17, 15) is 5.11 Å². The van der Waals surface area contributed by atoms with Crippen LogP contribution < -0.4 is 5.32 Å². The van der Waals surface area contributed by atoms with Gasteiger partial charge < -0.3 is 10.4 Å². The summed E-state index contributed by atoms with van der Waals surface area (Å²) in [4.78, 5) is 0. The zero-order valence-corrected chi connectivity index (χ0v) is 9.88. The molecule has 0 spiro atoms. The predicted molar refractivity (Wildman–Crippen MR) is 65.5 cm³/mol. The number of nitrogens with one attached hydrogen (secondary N) is 1. The molecular weight excluding hydrogens is 186 g/mol. The smallest absolute Gasteiger partial charge is 0.118 e. The summed E-state index contributed by atoms with van der Waals surface area (Å²) in [5, 5.41) is 12.9. The Hall–Kier alpha value is -1.18. The average molecular weight is 207 g/mol. The highest BCUT2D eigenvalue weighted by atomic mass is 16.3. The van der Waals surface area contributed by atoms with Crippen LogP contribution in [0.1, 0.15) is 38.7 Å². The molecule has 1 atom stereocenters. The van der Waals surface area contributed by atoms with Crippen molar-refractivity contribution >= 4 is 5.69 Å². The Bertz CT molecular complexity index is 309. The fourth-order valence-electron chi connectivity index (χ4n) is 1.71. The van der Waals surface area contributed by atoms with E-state index in [0.717, 1.165) is 17.7 Å². The molecule has 0 heterocycles. The Morgan fingerprint density at radius 3 is 2.60 bits per heavy atom. The molecule has 0 amide bonds. The van der Waals surface area contributed by atoms with Gasteiger partial charge in [0.15, 0.2) is 0 Å². The van der Waals surface area contributed by atoms with E-state index >= 15 is 0 Å². The number of benzene rings is 1. The van der Waals surface area contributed by atoms with Gasteiger partial charge in [-0.2, -0.15) is 0 Å². The number of phenolic OH excluding ortho intramolecular Hbond substituents is 1. The molecule has 2 heteroatoms. The van der Waals surface area contributed by atoms with Crippen molar-refractivity contribution in [1.82, 2.24) is 0 Å². The predicted octanol–water partition coefficient (Wildman–Crippen LogP) is 3.69. The number of rotatable bonds is 5. The van der Waals surface area contributed by atoms with Crippen LogP contribution in [0.25, 0.3) is 0 Å². The Balaban J connectivity index is 2.66. The summed E-state index contributed by atoms with van der Waals surface area (Å²) in [7, 11) is 0. The zero-order chi connectivity index (χ0) is 11.3. The van der Waals surface area contributed by atoms with Gasteiger partial charge >= 0.3 is 0 Å². The molecule has 0 saturated carbocycles. The van der Waals surface area contributed by atoms with E-state index in [1.165, 1.54) is 12.8 Å². The highest BCUT2D eigenvalue weighted by Gasteiger charge is 2.05. The first-order valence-electron chi connectivity index (χ1n) is 5.73. The quantitative estimate of drug-likeness (QED) is 0.722. The van der Waals surface area contributed by atoms with Crippen molar-refractivity contribution in [2.75, 3.05) is 5.32 Å². The molecule has 15 heavy (non-hydrogen) atoms. The number of aryl methyl sites for hydroxylation is 1. The van der Waals surface area contributed by atoms with Crippen LogP contribution in [-0.4, -0.2) is 11.1 Å². The van der Waals surface area contributed by atoms with Crippen molar-refractivity contribution < 1.29 is 5.11 Å². The van der Waals surface area contributed by atoms with Crippen molar-refractivity contribution in [2.45, 2.75) is 46.1 Å². The summed E-state index contributed by atoms with van der Waals surface area (Å²) in [5.41, 5.74) is 2.02. The lowest BCUT2D eigenvalue weighted by molar-refractivity contribution is 0.471. The summed E-state index contributed by atoms with van der Waals surface area (Å²) < 4.78 is 0. The maximum absolute atomic E-state index is 9.41. The monoisotopic (exact) mass is 207 g/mol. The van der Waals surface area contributed by atoms with Crippen LogP contribution in [0.3, 0.4) is 0 Å². The van der Waals surface area contributed by atoms with Crippen LogP contribution in [0.15, 0.2) is 18.2 Å². The minimum absolute atomic E-state index is 0.365. The van der Waals surface area contributed by atoms with E-state index in [4.69, 9.17) is 0 Å². The first-order chi connectivity index (χ1) is 7.17. The number of hydrogen-bond donors (Lipinski definition) is 2. The molecule has 0 radical (unpaired) electrons. The SMILES string of the molecule is CCCC(CC)Nc1ccc(O)c(C)c1. The molecule has 1 rings (SSSR count). The fraction of sp³-hybridized carbons (Fsp3) is 0.538. The van der Waals surface area contributed by atoms with Gasteiger partial charge in [0.2, 0.25) is 0 Å². The van der Waals surface area contributed by atoms with E-state index in [2.05, 4.69) is 19.2 Å². The number of hydrogen-bond acceptors (Lipinski definition) is 2. The molecule has 1 aromatic rings. The molecule has 0 aliphatic heterocycles. The van der Waals surface area contributed by atoms with E-state index in [-0.39, 0.29) is 0 Å². The Morgan fingerprint density at radius 1 is 1.33 bits per heavy atom. The third-order valence-corrected chi connectivity index (χ3v) is 2.70. The molecule has 1 unspecified atom stereocenters. The molecule has 0 fully saturated rings. The lowest BCUT2D eigenvalue weighted by atomic mass is 10.1. The van der Waals surface area contributed by atoms with Gasteiger partial charge in [-0.1, -0.05) is 20.3 Å². The second kappa shape index (κ2) is 5.64. The maximum Gasteiger partial charge on any atom is 0.118 e. The lowest BCUT2D eigenvalue weighted by Gasteiger charge is -2.17. The molecule has 0 aliphatic rings. The highest BCUT2D eigenvalue weighted by molar-refractivity contribution is 5.50.